The summed E-state index contributed by atoms with van der Waals surface area (Å²) in [5.41, 5.74) is 0.880. The van der Waals surface area contributed by atoms with Crippen LogP contribution >= 0.6 is 11.6 Å². The van der Waals surface area contributed by atoms with Crippen LogP contribution in [0.4, 0.5) is 5.69 Å². The van der Waals surface area contributed by atoms with Gasteiger partial charge in [0.15, 0.2) is 0 Å². The zero-order chi connectivity index (χ0) is 14.7. The van der Waals surface area contributed by atoms with E-state index in [1.165, 1.54) is 18.2 Å². The van der Waals surface area contributed by atoms with Crippen molar-refractivity contribution in [1.82, 2.24) is 4.98 Å². The average molecular weight is 291 g/mol. The molecule has 0 aliphatic carbocycles. The van der Waals surface area contributed by atoms with Gasteiger partial charge in [-0.25, -0.2) is 9.78 Å². The Morgan fingerprint density at radius 1 is 1.20 bits per heavy atom. The van der Waals surface area contributed by atoms with E-state index in [0.29, 0.717) is 5.69 Å². The van der Waals surface area contributed by atoms with Crippen LogP contribution in [0.1, 0.15) is 26.5 Å². The highest BCUT2D eigenvalue weighted by Gasteiger charge is 2.17. The molecule has 1 amide bonds. The number of rotatable bonds is 3. The van der Waals surface area contributed by atoms with Gasteiger partial charge in [0.25, 0.3) is 5.91 Å². The number of para-hydroxylation sites is 1. The van der Waals surface area contributed by atoms with E-state index in [2.05, 4.69) is 10.3 Å². The van der Waals surface area contributed by atoms with E-state index in [1.807, 2.05) is 0 Å². The Morgan fingerprint density at radius 2 is 1.90 bits per heavy atom. The third-order valence-corrected chi connectivity index (χ3v) is 2.92. The van der Waals surface area contributed by atoms with Crippen LogP contribution in [-0.2, 0) is 0 Å². The highest BCUT2D eigenvalue weighted by molar-refractivity contribution is 6.34. The van der Waals surface area contributed by atoms with Gasteiger partial charge in [-0.3, -0.25) is 4.79 Å². The van der Waals surface area contributed by atoms with Gasteiger partial charge in [-0.1, -0.05) is 23.7 Å². The van der Waals surface area contributed by atoms with Crippen LogP contribution < -0.4 is 5.32 Å². The topological polar surface area (TPSA) is 79.3 Å². The van der Waals surface area contributed by atoms with Crippen molar-refractivity contribution in [2.45, 2.75) is 6.92 Å². The molecule has 2 aromatic rings. The molecule has 1 aromatic carbocycles. The number of nitrogens with zero attached hydrogens (tertiary/aromatic N) is 1. The lowest BCUT2D eigenvalue weighted by atomic mass is 10.1. The molecule has 0 radical (unpaired) electrons. The molecule has 102 valence electrons. The first-order valence-electron chi connectivity index (χ1n) is 5.76. The van der Waals surface area contributed by atoms with Crippen molar-refractivity contribution in [1.29, 1.82) is 0 Å². The molecule has 0 spiro atoms. The maximum absolute atomic E-state index is 12.1. The van der Waals surface area contributed by atoms with Gasteiger partial charge in [0.05, 0.1) is 16.3 Å². The number of amides is 1. The van der Waals surface area contributed by atoms with E-state index < -0.39 is 11.9 Å². The van der Waals surface area contributed by atoms with Crippen LogP contribution in [-0.4, -0.2) is 22.0 Å². The summed E-state index contributed by atoms with van der Waals surface area (Å²) in [6.45, 7) is 1.76. The summed E-state index contributed by atoms with van der Waals surface area (Å²) in [6, 6.07) is 9.38. The maximum atomic E-state index is 12.1. The molecule has 20 heavy (non-hydrogen) atoms. The molecule has 1 aromatic heterocycles. The molecule has 5 nitrogen and oxygen atoms in total. The minimum atomic E-state index is -1.17. The summed E-state index contributed by atoms with van der Waals surface area (Å²) < 4.78 is 0. The zero-order valence-corrected chi connectivity index (χ0v) is 11.3. The average Bonchev–Trinajstić information content (AvgIpc) is 2.40. The Labute approximate surface area is 120 Å². The molecular weight excluding hydrogens is 280 g/mol. The summed E-state index contributed by atoms with van der Waals surface area (Å²) in [6.07, 6.45) is 0. The Balaban J connectivity index is 2.35. The zero-order valence-electron chi connectivity index (χ0n) is 10.6. The van der Waals surface area contributed by atoms with Crippen molar-refractivity contribution in [3.05, 3.63) is 58.4 Å². The normalized spacial score (nSPS) is 10.1. The molecule has 2 rings (SSSR count). The number of carboxylic acids is 1. The largest absolute Gasteiger partial charge is 0.478 e. The molecule has 6 heteroatoms. The van der Waals surface area contributed by atoms with Crippen LogP contribution in [0.5, 0.6) is 0 Å². The van der Waals surface area contributed by atoms with Gasteiger partial charge in [0.2, 0.25) is 0 Å². The van der Waals surface area contributed by atoms with Gasteiger partial charge in [0.1, 0.15) is 5.69 Å². The number of carboxylic acid groups (broad SMARTS) is 1. The molecule has 0 bridgehead atoms. The standard InChI is InChI=1S/C14H11ClN2O3/c1-8-4-2-7-11(16-8)13(18)17-12-9(14(19)20)5-3-6-10(12)15/h2-7H,1H3,(H,17,18)(H,19,20). The molecule has 2 N–H and O–H groups in total. The lowest BCUT2D eigenvalue weighted by Gasteiger charge is -2.10. The van der Waals surface area contributed by atoms with Crippen LogP contribution in [0.25, 0.3) is 0 Å². The van der Waals surface area contributed by atoms with Gasteiger partial charge in [-0.05, 0) is 31.2 Å². The second-order valence-corrected chi connectivity index (χ2v) is 4.49. The number of aromatic carboxylic acids is 1. The lowest BCUT2D eigenvalue weighted by Crippen LogP contribution is -2.16. The van der Waals surface area contributed by atoms with Crippen molar-refractivity contribution in [3.63, 3.8) is 0 Å². The monoisotopic (exact) mass is 290 g/mol. The van der Waals surface area contributed by atoms with Crippen LogP contribution in [0, 0.1) is 6.92 Å². The minimum absolute atomic E-state index is 0.0648. The van der Waals surface area contributed by atoms with E-state index in [9.17, 15) is 9.59 Å². The smallest absolute Gasteiger partial charge is 0.337 e. The van der Waals surface area contributed by atoms with Gasteiger partial charge in [-0.2, -0.15) is 0 Å². The summed E-state index contributed by atoms with van der Waals surface area (Å²) >= 11 is 5.94. The van der Waals surface area contributed by atoms with E-state index in [4.69, 9.17) is 16.7 Å². The minimum Gasteiger partial charge on any atom is -0.478 e. The number of anilines is 1. The first kappa shape index (κ1) is 14.0. The number of aromatic nitrogens is 1. The molecular formula is C14H11ClN2O3. The predicted octanol–water partition coefficient (Wildman–Crippen LogP) is 2.99. The number of aryl methyl sites for hydroxylation is 1. The number of pyridine rings is 1. The van der Waals surface area contributed by atoms with E-state index in [0.717, 1.165) is 0 Å². The molecule has 0 aliphatic heterocycles. The SMILES string of the molecule is Cc1cccc(C(=O)Nc2c(Cl)cccc2C(=O)O)n1. The second kappa shape index (κ2) is 5.71. The van der Waals surface area contributed by atoms with Gasteiger partial charge >= 0.3 is 5.97 Å². The number of halogens is 1. The molecule has 0 saturated carbocycles. The first-order chi connectivity index (χ1) is 9.49. The third kappa shape index (κ3) is 2.95. The first-order valence-corrected chi connectivity index (χ1v) is 6.13. The van der Waals surface area contributed by atoms with Gasteiger partial charge in [-0.15, -0.1) is 0 Å². The number of carbonyl (C=O) groups excluding carboxylic acids is 1. The van der Waals surface area contributed by atoms with Crippen molar-refractivity contribution in [2.75, 3.05) is 5.32 Å². The molecule has 0 aliphatic rings. The van der Waals surface area contributed by atoms with Crippen LogP contribution in [0.2, 0.25) is 5.02 Å². The number of hydrogen-bond acceptors (Lipinski definition) is 3. The Morgan fingerprint density at radius 3 is 2.55 bits per heavy atom. The van der Waals surface area contributed by atoms with Crippen molar-refractivity contribution in [3.8, 4) is 0 Å². The van der Waals surface area contributed by atoms with Crippen molar-refractivity contribution >= 4 is 29.2 Å². The molecule has 0 fully saturated rings. The number of hydrogen-bond donors (Lipinski definition) is 2. The molecule has 0 unspecified atom stereocenters. The number of benzene rings is 1. The predicted molar refractivity (Wildman–Crippen MR) is 75.3 cm³/mol. The van der Waals surface area contributed by atoms with Crippen molar-refractivity contribution < 1.29 is 14.7 Å². The highest BCUT2D eigenvalue weighted by Crippen LogP contribution is 2.26. The van der Waals surface area contributed by atoms with Gasteiger partial charge in [0, 0.05) is 5.69 Å². The maximum Gasteiger partial charge on any atom is 0.337 e. The summed E-state index contributed by atoms with van der Waals surface area (Å²) in [5.74, 6) is -1.68. The van der Waals surface area contributed by atoms with Crippen LogP contribution in [0.3, 0.4) is 0 Å². The second-order valence-electron chi connectivity index (χ2n) is 4.09. The van der Waals surface area contributed by atoms with E-state index in [-0.39, 0.29) is 22.0 Å². The Bertz CT molecular complexity index is 686. The molecule has 0 atom stereocenters. The van der Waals surface area contributed by atoms with Crippen LogP contribution in [0.15, 0.2) is 36.4 Å². The van der Waals surface area contributed by atoms with E-state index >= 15 is 0 Å². The lowest BCUT2D eigenvalue weighted by molar-refractivity contribution is 0.0698. The third-order valence-electron chi connectivity index (χ3n) is 2.60. The van der Waals surface area contributed by atoms with Crippen molar-refractivity contribution in [2.24, 2.45) is 0 Å². The Kier molecular flexibility index (Phi) is 4.00. The number of nitrogens with one attached hydrogen (secondary N) is 1. The molecule has 1 heterocycles. The highest BCUT2D eigenvalue weighted by atomic mass is 35.5. The summed E-state index contributed by atoms with van der Waals surface area (Å²) in [5, 5.41) is 11.7. The van der Waals surface area contributed by atoms with Gasteiger partial charge < -0.3 is 10.4 Å². The fourth-order valence-corrected chi connectivity index (χ4v) is 1.90. The van der Waals surface area contributed by atoms with E-state index in [1.54, 1.807) is 25.1 Å². The number of carbonyl (C=O) groups is 2. The quantitative estimate of drug-likeness (QED) is 0.911. The molecule has 0 saturated heterocycles. The fourth-order valence-electron chi connectivity index (χ4n) is 1.68. The Hall–Kier alpha value is -2.40. The summed E-state index contributed by atoms with van der Waals surface area (Å²) in [4.78, 5) is 27.3. The summed E-state index contributed by atoms with van der Waals surface area (Å²) in [7, 11) is 0. The fraction of sp³-hybridized carbons (Fsp3) is 0.0714.